The number of benzene rings is 1. The van der Waals surface area contributed by atoms with Gasteiger partial charge in [-0.3, -0.25) is 4.79 Å². The molecule has 1 aliphatic carbocycles. The fourth-order valence-electron chi connectivity index (χ4n) is 2.98. The lowest BCUT2D eigenvalue weighted by molar-refractivity contribution is 0.0926. The first-order valence-electron chi connectivity index (χ1n) is 7.14. The van der Waals surface area contributed by atoms with Gasteiger partial charge in [-0.15, -0.1) is 0 Å². The Morgan fingerprint density at radius 1 is 1.37 bits per heavy atom. The molecule has 1 aromatic carbocycles. The van der Waals surface area contributed by atoms with Crippen LogP contribution in [0.5, 0.6) is 5.75 Å². The van der Waals surface area contributed by atoms with Crippen LogP contribution < -0.4 is 5.32 Å². The van der Waals surface area contributed by atoms with Crippen LogP contribution in [0, 0.1) is 12.3 Å². The largest absolute Gasteiger partial charge is 0.507 e. The standard InChI is InChI=1S/C16H23NO2/c1-3-16(8-4-5-9-16)11-17-15(19)13-10-12(2)6-7-14(13)18/h6-7,10,18H,3-5,8-9,11H2,1-2H3,(H,17,19). The van der Waals surface area contributed by atoms with Crippen molar-refractivity contribution in [3.05, 3.63) is 29.3 Å². The highest BCUT2D eigenvalue weighted by atomic mass is 16.3. The van der Waals surface area contributed by atoms with Crippen molar-refractivity contribution in [2.45, 2.75) is 46.0 Å². The van der Waals surface area contributed by atoms with Crippen LogP contribution in [0.25, 0.3) is 0 Å². The molecule has 19 heavy (non-hydrogen) atoms. The SMILES string of the molecule is CCC1(CNC(=O)c2cc(C)ccc2O)CCCC1. The molecule has 0 aliphatic heterocycles. The Balaban J connectivity index is 2.03. The Morgan fingerprint density at radius 2 is 2.05 bits per heavy atom. The third-order valence-electron chi connectivity index (χ3n) is 4.43. The molecule has 1 aliphatic rings. The summed E-state index contributed by atoms with van der Waals surface area (Å²) in [4.78, 5) is 12.2. The average Bonchev–Trinajstić information content (AvgIpc) is 2.88. The molecule has 1 fully saturated rings. The summed E-state index contributed by atoms with van der Waals surface area (Å²) in [6.07, 6.45) is 6.03. The Bertz CT molecular complexity index is 462. The van der Waals surface area contributed by atoms with Crippen molar-refractivity contribution in [3.8, 4) is 5.75 Å². The predicted octanol–water partition coefficient (Wildman–Crippen LogP) is 3.40. The number of carbonyl (C=O) groups is 1. The first-order valence-corrected chi connectivity index (χ1v) is 7.14. The maximum atomic E-state index is 12.2. The van der Waals surface area contributed by atoms with Gasteiger partial charge < -0.3 is 10.4 Å². The molecule has 0 bridgehead atoms. The number of amides is 1. The molecule has 0 unspecified atom stereocenters. The van der Waals surface area contributed by atoms with E-state index in [-0.39, 0.29) is 17.1 Å². The van der Waals surface area contributed by atoms with Gasteiger partial charge in [0.15, 0.2) is 0 Å². The number of hydrogen-bond acceptors (Lipinski definition) is 2. The normalized spacial score (nSPS) is 17.4. The molecule has 2 N–H and O–H groups in total. The molecule has 1 aromatic rings. The van der Waals surface area contributed by atoms with Crippen molar-refractivity contribution in [1.82, 2.24) is 5.32 Å². The Kier molecular flexibility index (Phi) is 4.13. The van der Waals surface area contributed by atoms with Gasteiger partial charge in [-0.05, 0) is 43.7 Å². The van der Waals surface area contributed by atoms with Gasteiger partial charge in [-0.1, -0.05) is 31.4 Å². The van der Waals surface area contributed by atoms with Crippen LogP contribution in [-0.2, 0) is 0 Å². The highest BCUT2D eigenvalue weighted by Gasteiger charge is 2.32. The fourth-order valence-corrected chi connectivity index (χ4v) is 2.98. The van der Waals surface area contributed by atoms with E-state index in [1.54, 1.807) is 18.2 Å². The van der Waals surface area contributed by atoms with Gasteiger partial charge in [0, 0.05) is 6.54 Å². The van der Waals surface area contributed by atoms with Gasteiger partial charge in [0.25, 0.3) is 5.91 Å². The fraction of sp³-hybridized carbons (Fsp3) is 0.562. The van der Waals surface area contributed by atoms with E-state index in [0.717, 1.165) is 18.5 Å². The second kappa shape index (κ2) is 5.64. The molecule has 1 saturated carbocycles. The lowest BCUT2D eigenvalue weighted by atomic mass is 9.83. The van der Waals surface area contributed by atoms with Crippen LogP contribution in [0.15, 0.2) is 18.2 Å². The number of phenolic OH excluding ortho intramolecular Hbond substituents is 1. The summed E-state index contributed by atoms with van der Waals surface area (Å²) in [6.45, 7) is 4.83. The molecule has 0 radical (unpaired) electrons. The second-order valence-corrected chi connectivity index (χ2v) is 5.76. The molecular weight excluding hydrogens is 238 g/mol. The molecule has 3 heteroatoms. The van der Waals surface area contributed by atoms with Crippen molar-refractivity contribution in [1.29, 1.82) is 0 Å². The minimum Gasteiger partial charge on any atom is -0.507 e. The van der Waals surface area contributed by atoms with Crippen molar-refractivity contribution >= 4 is 5.91 Å². The van der Waals surface area contributed by atoms with Crippen molar-refractivity contribution in [2.75, 3.05) is 6.54 Å². The van der Waals surface area contributed by atoms with Crippen LogP contribution in [-0.4, -0.2) is 17.6 Å². The van der Waals surface area contributed by atoms with E-state index in [4.69, 9.17) is 0 Å². The third kappa shape index (κ3) is 3.09. The molecule has 0 heterocycles. The van der Waals surface area contributed by atoms with E-state index in [1.165, 1.54) is 25.7 Å². The van der Waals surface area contributed by atoms with E-state index in [1.807, 2.05) is 6.92 Å². The van der Waals surface area contributed by atoms with Crippen LogP contribution in [0.4, 0.5) is 0 Å². The number of aryl methyl sites for hydroxylation is 1. The maximum absolute atomic E-state index is 12.2. The minimum absolute atomic E-state index is 0.0556. The summed E-state index contributed by atoms with van der Waals surface area (Å²) in [7, 11) is 0. The van der Waals surface area contributed by atoms with Gasteiger partial charge in [0.2, 0.25) is 0 Å². The van der Waals surface area contributed by atoms with E-state index < -0.39 is 0 Å². The van der Waals surface area contributed by atoms with Gasteiger partial charge in [0.05, 0.1) is 5.56 Å². The molecule has 3 nitrogen and oxygen atoms in total. The maximum Gasteiger partial charge on any atom is 0.255 e. The number of rotatable bonds is 4. The quantitative estimate of drug-likeness (QED) is 0.872. The zero-order valence-corrected chi connectivity index (χ0v) is 11.8. The van der Waals surface area contributed by atoms with Crippen molar-refractivity contribution < 1.29 is 9.90 Å². The van der Waals surface area contributed by atoms with Crippen LogP contribution >= 0.6 is 0 Å². The van der Waals surface area contributed by atoms with Crippen LogP contribution in [0.3, 0.4) is 0 Å². The summed E-state index contributed by atoms with van der Waals surface area (Å²) >= 11 is 0. The van der Waals surface area contributed by atoms with Gasteiger partial charge >= 0.3 is 0 Å². The van der Waals surface area contributed by atoms with Crippen LogP contribution in [0.1, 0.15) is 54.9 Å². The minimum atomic E-state index is -0.166. The monoisotopic (exact) mass is 261 g/mol. The molecule has 0 spiro atoms. The summed E-state index contributed by atoms with van der Waals surface area (Å²) < 4.78 is 0. The third-order valence-corrected chi connectivity index (χ3v) is 4.43. The van der Waals surface area contributed by atoms with Crippen molar-refractivity contribution in [2.24, 2.45) is 5.41 Å². The Labute approximate surface area is 115 Å². The summed E-state index contributed by atoms with van der Waals surface area (Å²) in [5.41, 5.74) is 1.63. The highest BCUT2D eigenvalue weighted by Crippen LogP contribution is 2.40. The molecule has 0 aromatic heterocycles. The molecular formula is C16H23NO2. The predicted molar refractivity (Wildman–Crippen MR) is 76.4 cm³/mol. The molecule has 0 saturated heterocycles. The molecule has 104 valence electrons. The van der Waals surface area contributed by atoms with Gasteiger partial charge in [0.1, 0.15) is 5.75 Å². The summed E-state index contributed by atoms with van der Waals surface area (Å²) in [5, 5.41) is 12.8. The lowest BCUT2D eigenvalue weighted by Crippen LogP contribution is -2.35. The number of phenols is 1. The second-order valence-electron chi connectivity index (χ2n) is 5.76. The number of aromatic hydroxyl groups is 1. The molecule has 0 atom stereocenters. The van der Waals surface area contributed by atoms with E-state index in [0.29, 0.717) is 5.56 Å². The van der Waals surface area contributed by atoms with E-state index >= 15 is 0 Å². The number of hydrogen-bond donors (Lipinski definition) is 2. The van der Waals surface area contributed by atoms with E-state index in [2.05, 4.69) is 12.2 Å². The topological polar surface area (TPSA) is 49.3 Å². The van der Waals surface area contributed by atoms with E-state index in [9.17, 15) is 9.90 Å². The first-order chi connectivity index (χ1) is 9.06. The summed E-state index contributed by atoms with van der Waals surface area (Å²) in [5.74, 6) is -0.110. The van der Waals surface area contributed by atoms with Crippen molar-refractivity contribution in [3.63, 3.8) is 0 Å². The van der Waals surface area contributed by atoms with Gasteiger partial charge in [-0.2, -0.15) is 0 Å². The zero-order chi connectivity index (χ0) is 13.9. The van der Waals surface area contributed by atoms with Gasteiger partial charge in [-0.25, -0.2) is 0 Å². The molecule has 2 rings (SSSR count). The molecule has 1 amide bonds. The highest BCUT2D eigenvalue weighted by molar-refractivity contribution is 5.97. The first kappa shape index (κ1) is 13.9. The summed E-state index contributed by atoms with van der Waals surface area (Å²) in [6, 6.07) is 5.12. The number of carbonyl (C=O) groups excluding carboxylic acids is 1. The number of nitrogens with one attached hydrogen (secondary N) is 1. The zero-order valence-electron chi connectivity index (χ0n) is 11.8. The smallest absolute Gasteiger partial charge is 0.255 e. The van der Waals surface area contributed by atoms with Crippen LogP contribution in [0.2, 0.25) is 0 Å². The Morgan fingerprint density at radius 3 is 2.68 bits per heavy atom. The Hall–Kier alpha value is -1.51. The lowest BCUT2D eigenvalue weighted by Gasteiger charge is -2.27. The average molecular weight is 261 g/mol.